The van der Waals surface area contributed by atoms with E-state index < -0.39 is 5.97 Å². The number of aromatic hydroxyl groups is 1. The number of carbonyl (C=O) groups is 1. The van der Waals surface area contributed by atoms with Crippen LogP contribution in [0.2, 0.25) is 0 Å². The van der Waals surface area contributed by atoms with Crippen LogP contribution in [0.15, 0.2) is 48.5 Å². The van der Waals surface area contributed by atoms with Crippen molar-refractivity contribution in [2.75, 3.05) is 13.7 Å². The van der Waals surface area contributed by atoms with Crippen molar-refractivity contribution in [1.82, 2.24) is 4.90 Å². The number of phenols is 1. The van der Waals surface area contributed by atoms with Gasteiger partial charge in [0.1, 0.15) is 5.75 Å². The van der Waals surface area contributed by atoms with Crippen molar-refractivity contribution < 1.29 is 14.6 Å². The molecule has 0 aliphatic heterocycles. The fourth-order valence-electron chi connectivity index (χ4n) is 3.66. The van der Waals surface area contributed by atoms with E-state index in [-0.39, 0.29) is 24.1 Å². The highest BCUT2D eigenvalue weighted by molar-refractivity contribution is 5.89. The highest BCUT2D eigenvalue weighted by atomic mass is 35.5. The average molecular weight is 406 g/mol. The van der Waals surface area contributed by atoms with Crippen LogP contribution in [0.3, 0.4) is 0 Å². The molecule has 4 nitrogen and oxygen atoms in total. The Morgan fingerprint density at radius 3 is 2.18 bits per heavy atom. The third kappa shape index (κ3) is 5.98. The summed E-state index contributed by atoms with van der Waals surface area (Å²) in [6, 6.07) is 16.0. The molecule has 0 heterocycles. The molecule has 2 aromatic carbocycles. The first-order chi connectivity index (χ1) is 12.8. The number of methoxy groups -OCH3 is 1. The summed E-state index contributed by atoms with van der Waals surface area (Å²) in [7, 11) is 1.37. The molecule has 0 spiro atoms. The number of benzene rings is 2. The first-order valence-corrected chi connectivity index (χ1v) is 9.57. The monoisotopic (exact) mass is 405 g/mol. The number of nitrogens with zero attached hydrogens (tertiary/aromatic N) is 1. The van der Waals surface area contributed by atoms with E-state index in [1.54, 1.807) is 18.2 Å². The van der Waals surface area contributed by atoms with E-state index in [0.29, 0.717) is 17.6 Å². The van der Waals surface area contributed by atoms with Crippen molar-refractivity contribution in [3.05, 3.63) is 65.2 Å². The SMILES string of the molecule is COC(=O)c1ccc(O)c(C(CCN(C(C)C)C(C)C)c2ccccc2)c1.Cl. The summed E-state index contributed by atoms with van der Waals surface area (Å²) in [6.45, 7) is 9.70. The Labute approximate surface area is 174 Å². The molecule has 0 bridgehead atoms. The first kappa shape index (κ1) is 24.0. The molecule has 0 aliphatic rings. The molecule has 0 radical (unpaired) electrons. The zero-order valence-electron chi connectivity index (χ0n) is 17.4. The fraction of sp³-hybridized carbons (Fsp3) is 0.435. The minimum absolute atomic E-state index is 0. The number of esters is 1. The Bertz CT molecular complexity index is 739. The maximum absolute atomic E-state index is 12.0. The van der Waals surface area contributed by atoms with Crippen LogP contribution in [0.25, 0.3) is 0 Å². The van der Waals surface area contributed by atoms with E-state index in [2.05, 4.69) is 44.7 Å². The van der Waals surface area contributed by atoms with Gasteiger partial charge < -0.3 is 9.84 Å². The largest absolute Gasteiger partial charge is 0.508 e. The second-order valence-corrected chi connectivity index (χ2v) is 7.44. The molecule has 0 aromatic heterocycles. The van der Waals surface area contributed by atoms with Gasteiger partial charge in [-0.15, -0.1) is 12.4 Å². The summed E-state index contributed by atoms with van der Waals surface area (Å²) < 4.78 is 4.85. The molecule has 1 N–H and O–H groups in total. The van der Waals surface area contributed by atoms with Gasteiger partial charge in [0.2, 0.25) is 0 Å². The topological polar surface area (TPSA) is 49.8 Å². The van der Waals surface area contributed by atoms with Gasteiger partial charge >= 0.3 is 5.97 Å². The minimum Gasteiger partial charge on any atom is -0.508 e. The second-order valence-electron chi connectivity index (χ2n) is 7.44. The molecule has 1 atom stereocenters. The van der Waals surface area contributed by atoms with Crippen LogP contribution >= 0.6 is 12.4 Å². The molecule has 0 aliphatic carbocycles. The van der Waals surface area contributed by atoms with Gasteiger partial charge in [-0.05, 0) is 64.4 Å². The molecular weight excluding hydrogens is 374 g/mol. The summed E-state index contributed by atoms with van der Waals surface area (Å²) in [5.41, 5.74) is 2.34. The van der Waals surface area contributed by atoms with Gasteiger partial charge in [0.15, 0.2) is 0 Å². The van der Waals surface area contributed by atoms with Crippen molar-refractivity contribution in [3.8, 4) is 5.75 Å². The van der Waals surface area contributed by atoms with Gasteiger partial charge in [0.25, 0.3) is 0 Å². The van der Waals surface area contributed by atoms with E-state index in [4.69, 9.17) is 4.74 Å². The smallest absolute Gasteiger partial charge is 0.337 e. The maximum atomic E-state index is 12.0. The van der Waals surface area contributed by atoms with Crippen LogP contribution in [-0.2, 0) is 4.74 Å². The van der Waals surface area contributed by atoms with E-state index in [0.717, 1.165) is 24.1 Å². The van der Waals surface area contributed by atoms with Gasteiger partial charge in [-0.25, -0.2) is 4.79 Å². The lowest BCUT2D eigenvalue weighted by Gasteiger charge is -2.32. The lowest BCUT2D eigenvalue weighted by Crippen LogP contribution is -2.38. The fourth-order valence-corrected chi connectivity index (χ4v) is 3.66. The minimum atomic E-state index is -0.394. The maximum Gasteiger partial charge on any atom is 0.337 e. The molecular formula is C23H32ClNO3. The van der Waals surface area contributed by atoms with Gasteiger partial charge in [0, 0.05) is 23.6 Å². The van der Waals surface area contributed by atoms with Crippen LogP contribution < -0.4 is 0 Å². The number of ether oxygens (including phenoxy) is 1. The van der Waals surface area contributed by atoms with Crippen LogP contribution in [-0.4, -0.2) is 41.7 Å². The molecule has 5 heteroatoms. The Kier molecular flexibility index (Phi) is 9.50. The third-order valence-electron chi connectivity index (χ3n) is 5.03. The number of phenolic OH excluding ortho intramolecular Hbond substituents is 1. The van der Waals surface area contributed by atoms with Crippen LogP contribution in [0.5, 0.6) is 5.75 Å². The molecule has 2 rings (SSSR count). The summed E-state index contributed by atoms with van der Waals surface area (Å²) in [5.74, 6) is -0.193. The predicted molar refractivity (Wildman–Crippen MR) is 117 cm³/mol. The summed E-state index contributed by atoms with van der Waals surface area (Å²) in [6.07, 6.45) is 0.846. The quantitative estimate of drug-likeness (QED) is 0.610. The zero-order valence-corrected chi connectivity index (χ0v) is 18.2. The van der Waals surface area contributed by atoms with Crippen molar-refractivity contribution in [2.45, 2.75) is 52.1 Å². The normalized spacial score (nSPS) is 12.1. The molecule has 1 unspecified atom stereocenters. The molecule has 154 valence electrons. The molecule has 0 saturated carbocycles. The number of hydrogen-bond acceptors (Lipinski definition) is 4. The number of rotatable bonds is 8. The van der Waals surface area contributed by atoms with Gasteiger partial charge in [-0.1, -0.05) is 30.3 Å². The van der Waals surface area contributed by atoms with E-state index in [1.165, 1.54) is 7.11 Å². The van der Waals surface area contributed by atoms with Gasteiger partial charge in [-0.3, -0.25) is 4.90 Å². The summed E-state index contributed by atoms with van der Waals surface area (Å²) in [4.78, 5) is 14.4. The van der Waals surface area contributed by atoms with Crippen molar-refractivity contribution >= 4 is 18.4 Å². The highest BCUT2D eigenvalue weighted by Crippen LogP contribution is 2.35. The second kappa shape index (κ2) is 11.1. The Morgan fingerprint density at radius 2 is 1.64 bits per heavy atom. The Hall–Kier alpha value is -2.04. The summed E-state index contributed by atoms with van der Waals surface area (Å²) >= 11 is 0. The van der Waals surface area contributed by atoms with Crippen molar-refractivity contribution in [2.24, 2.45) is 0 Å². The van der Waals surface area contributed by atoms with Gasteiger partial charge in [-0.2, -0.15) is 0 Å². The third-order valence-corrected chi connectivity index (χ3v) is 5.03. The van der Waals surface area contributed by atoms with Gasteiger partial charge in [0.05, 0.1) is 12.7 Å². The first-order valence-electron chi connectivity index (χ1n) is 9.57. The van der Waals surface area contributed by atoms with E-state index >= 15 is 0 Å². The number of carbonyl (C=O) groups excluding carboxylic acids is 1. The number of hydrogen-bond donors (Lipinski definition) is 1. The predicted octanol–water partition coefficient (Wildman–Crippen LogP) is 5.24. The molecule has 28 heavy (non-hydrogen) atoms. The lowest BCUT2D eigenvalue weighted by molar-refractivity contribution is 0.0600. The van der Waals surface area contributed by atoms with Crippen molar-refractivity contribution in [3.63, 3.8) is 0 Å². The number of halogens is 1. The highest BCUT2D eigenvalue weighted by Gasteiger charge is 2.22. The molecule has 0 saturated heterocycles. The lowest BCUT2D eigenvalue weighted by atomic mass is 9.86. The Balaban J connectivity index is 0.00000392. The van der Waals surface area contributed by atoms with Crippen LogP contribution in [0, 0.1) is 0 Å². The van der Waals surface area contributed by atoms with E-state index in [1.807, 2.05) is 18.2 Å². The average Bonchev–Trinajstić information content (AvgIpc) is 2.65. The Morgan fingerprint density at radius 1 is 1.04 bits per heavy atom. The van der Waals surface area contributed by atoms with Crippen LogP contribution in [0.4, 0.5) is 0 Å². The summed E-state index contributed by atoms with van der Waals surface area (Å²) in [5, 5.41) is 10.5. The molecule has 0 fully saturated rings. The molecule has 0 amide bonds. The standard InChI is InChI=1S/C23H31NO3.ClH/c1-16(2)24(17(3)4)14-13-20(18-9-7-6-8-10-18)21-15-19(23(26)27-5)11-12-22(21)25;/h6-12,15-17,20,25H,13-14H2,1-5H3;1H. The van der Waals surface area contributed by atoms with Crippen LogP contribution in [0.1, 0.15) is 61.5 Å². The zero-order chi connectivity index (χ0) is 20.0. The van der Waals surface area contributed by atoms with Crippen molar-refractivity contribution in [1.29, 1.82) is 0 Å². The van der Waals surface area contributed by atoms with E-state index in [9.17, 15) is 9.90 Å². The molecule has 2 aromatic rings.